The van der Waals surface area contributed by atoms with Crippen LogP contribution in [0.15, 0.2) is 59.0 Å². The van der Waals surface area contributed by atoms with Gasteiger partial charge in [-0.2, -0.15) is 0 Å². The molecule has 1 saturated heterocycles. The first kappa shape index (κ1) is 20.3. The van der Waals surface area contributed by atoms with Crippen molar-refractivity contribution < 1.29 is 14.1 Å². The Kier molecular flexibility index (Phi) is 5.65. The van der Waals surface area contributed by atoms with Crippen LogP contribution in [-0.2, 0) is 0 Å². The summed E-state index contributed by atoms with van der Waals surface area (Å²) in [6, 6.07) is 15.2. The van der Waals surface area contributed by atoms with E-state index in [1.807, 2.05) is 17.0 Å². The molecule has 3 aromatic rings. The lowest BCUT2D eigenvalue weighted by molar-refractivity contribution is -0.384. The maximum Gasteiger partial charge on any atom is 0.294 e. The average molecular weight is 446 g/mol. The monoisotopic (exact) mass is 445 g/mol. The fraction of sp³-hybridized carbons (Fsp3) is 0.190. The number of hydrogen-bond acceptors (Lipinski definition) is 5. The number of nitrogens with zero attached hydrogens (tertiary/aromatic N) is 3. The predicted molar refractivity (Wildman–Crippen MR) is 115 cm³/mol. The van der Waals surface area contributed by atoms with Crippen LogP contribution in [0.5, 0.6) is 0 Å². The largest absolute Gasteiger partial charge is 0.451 e. The number of carbonyl (C=O) groups excluding carboxylic acids is 1. The molecule has 7 nitrogen and oxygen atoms in total. The smallest absolute Gasteiger partial charge is 0.294 e. The van der Waals surface area contributed by atoms with Crippen LogP contribution in [0.4, 0.5) is 11.4 Å². The minimum atomic E-state index is -0.445. The van der Waals surface area contributed by atoms with Crippen LogP contribution in [0.2, 0.25) is 10.0 Å². The van der Waals surface area contributed by atoms with Gasteiger partial charge in [0.05, 0.1) is 4.92 Å². The zero-order chi connectivity index (χ0) is 21.3. The molecule has 1 aliphatic rings. The molecular weight excluding hydrogens is 429 g/mol. The lowest BCUT2D eigenvalue weighted by Gasteiger charge is -2.35. The fourth-order valence-electron chi connectivity index (χ4n) is 3.44. The van der Waals surface area contributed by atoms with E-state index in [4.69, 9.17) is 27.6 Å². The summed E-state index contributed by atoms with van der Waals surface area (Å²) in [4.78, 5) is 27.3. The van der Waals surface area contributed by atoms with Gasteiger partial charge in [-0.1, -0.05) is 23.2 Å². The summed E-state index contributed by atoms with van der Waals surface area (Å²) in [5.74, 6) is 0.636. The average Bonchev–Trinajstić information content (AvgIpc) is 3.24. The molecule has 0 radical (unpaired) electrons. The van der Waals surface area contributed by atoms with Crippen molar-refractivity contribution >= 4 is 40.5 Å². The SMILES string of the molecule is O=C(c1ccc(-c2ccc(Cl)cc2)o1)N1CCN(c2ccc(Cl)cc2[N+](=O)[O-])CC1. The van der Waals surface area contributed by atoms with Crippen LogP contribution in [0.25, 0.3) is 11.3 Å². The Morgan fingerprint density at radius 3 is 2.27 bits per heavy atom. The first-order valence-electron chi connectivity index (χ1n) is 9.26. The molecule has 1 aromatic heterocycles. The van der Waals surface area contributed by atoms with Crippen molar-refractivity contribution in [2.24, 2.45) is 0 Å². The van der Waals surface area contributed by atoms with Crippen molar-refractivity contribution in [3.05, 3.63) is 80.5 Å². The molecule has 30 heavy (non-hydrogen) atoms. The Balaban J connectivity index is 1.44. The number of halogens is 2. The maximum absolute atomic E-state index is 12.8. The fourth-order valence-corrected chi connectivity index (χ4v) is 3.73. The molecule has 0 unspecified atom stereocenters. The third-order valence-electron chi connectivity index (χ3n) is 4.99. The van der Waals surface area contributed by atoms with Gasteiger partial charge in [0, 0.05) is 47.9 Å². The molecule has 0 bridgehead atoms. The minimum absolute atomic E-state index is 0.0408. The van der Waals surface area contributed by atoms with E-state index in [2.05, 4.69) is 0 Å². The molecule has 1 amide bonds. The predicted octanol–water partition coefficient (Wildman–Crippen LogP) is 5.12. The summed E-state index contributed by atoms with van der Waals surface area (Å²) in [6.45, 7) is 1.79. The van der Waals surface area contributed by atoms with E-state index < -0.39 is 4.92 Å². The molecule has 0 saturated carbocycles. The second-order valence-corrected chi connectivity index (χ2v) is 7.71. The quantitative estimate of drug-likeness (QED) is 0.410. The van der Waals surface area contributed by atoms with E-state index in [1.165, 1.54) is 6.07 Å². The van der Waals surface area contributed by atoms with E-state index in [0.29, 0.717) is 47.7 Å². The summed E-state index contributed by atoms with van der Waals surface area (Å²) in [5, 5.41) is 12.3. The van der Waals surface area contributed by atoms with Gasteiger partial charge in [0.25, 0.3) is 11.6 Å². The Labute approximate surface area is 182 Å². The van der Waals surface area contributed by atoms with Crippen LogP contribution >= 0.6 is 23.2 Å². The van der Waals surface area contributed by atoms with Crippen molar-refractivity contribution in [1.29, 1.82) is 0 Å². The van der Waals surface area contributed by atoms with Crippen molar-refractivity contribution in [1.82, 2.24) is 4.90 Å². The third kappa shape index (κ3) is 4.13. The van der Waals surface area contributed by atoms with Crippen LogP contribution in [0.1, 0.15) is 10.6 Å². The van der Waals surface area contributed by atoms with Gasteiger partial charge < -0.3 is 14.2 Å². The second kappa shape index (κ2) is 8.38. The molecule has 0 atom stereocenters. The molecule has 0 N–H and O–H groups in total. The topological polar surface area (TPSA) is 79.8 Å². The van der Waals surface area contributed by atoms with Crippen molar-refractivity contribution in [3.8, 4) is 11.3 Å². The van der Waals surface area contributed by atoms with E-state index in [-0.39, 0.29) is 17.4 Å². The van der Waals surface area contributed by atoms with Gasteiger partial charge in [-0.15, -0.1) is 0 Å². The normalized spacial score (nSPS) is 14.1. The van der Waals surface area contributed by atoms with Crippen molar-refractivity contribution in [3.63, 3.8) is 0 Å². The molecule has 2 aromatic carbocycles. The first-order valence-corrected chi connectivity index (χ1v) is 10.0. The van der Waals surface area contributed by atoms with Crippen LogP contribution in [-0.4, -0.2) is 41.9 Å². The van der Waals surface area contributed by atoms with Gasteiger partial charge in [-0.25, -0.2) is 0 Å². The molecule has 154 valence electrons. The van der Waals surface area contributed by atoms with E-state index in [1.54, 1.807) is 41.3 Å². The van der Waals surface area contributed by atoms with Gasteiger partial charge in [0.2, 0.25) is 0 Å². The molecule has 9 heteroatoms. The third-order valence-corrected chi connectivity index (χ3v) is 5.47. The summed E-state index contributed by atoms with van der Waals surface area (Å²) in [7, 11) is 0. The highest BCUT2D eigenvalue weighted by Crippen LogP contribution is 2.32. The number of carbonyl (C=O) groups is 1. The van der Waals surface area contributed by atoms with Gasteiger partial charge in [-0.3, -0.25) is 14.9 Å². The highest BCUT2D eigenvalue weighted by atomic mass is 35.5. The summed E-state index contributed by atoms with van der Waals surface area (Å²) >= 11 is 11.8. The lowest BCUT2D eigenvalue weighted by Crippen LogP contribution is -2.48. The minimum Gasteiger partial charge on any atom is -0.451 e. The van der Waals surface area contributed by atoms with Crippen LogP contribution in [0, 0.1) is 10.1 Å². The first-order chi connectivity index (χ1) is 14.4. The number of benzene rings is 2. The van der Waals surface area contributed by atoms with Crippen molar-refractivity contribution in [2.45, 2.75) is 0 Å². The van der Waals surface area contributed by atoms with Crippen LogP contribution in [0.3, 0.4) is 0 Å². The zero-order valence-electron chi connectivity index (χ0n) is 15.8. The standard InChI is InChI=1S/C21H17Cl2N3O4/c22-15-3-1-14(2-4-15)19-7-8-20(30-19)21(27)25-11-9-24(10-12-25)17-6-5-16(23)13-18(17)26(28)29/h1-8,13H,9-12H2. The Morgan fingerprint density at radius 1 is 0.933 bits per heavy atom. The molecule has 2 heterocycles. The Bertz CT molecular complexity index is 1090. The number of furan rings is 1. The Morgan fingerprint density at radius 2 is 1.60 bits per heavy atom. The molecule has 0 aliphatic carbocycles. The van der Waals surface area contributed by atoms with Gasteiger partial charge in [0.15, 0.2) is 5.76 Å². The van der Waals surface area contributed by atoms with E-state index in [9.17, 15) is 14.9 Å². The summed E-state index contributed by atoms with van der Waals surface area (Å²) in [6.07, 6.45) is 0. The second-order valence-electron chi connectivity index (χ2n) is 6.84. The van der Waals surface area contributed by atoms with Gasteiger partial charge in [0.1, 0.15) is 11.4 Å². The van der Waals surface area contributed by atoms with Gasteiger partial charge in [-0.05, 0) is 48.5 Å². The number of anilines is 1. The zero-order valence-corrected chi connectivity index (χ0v) is 17.3. The highest BCUT2D eigenvalue weighted by molar-refractivity contribution is 6.31. The van der Waals surface area contributed by atoms with Gasteiger partial charge >= 0.3 is 0 Å². The molecule has 1 fully saturated rings. The van der Waals surface area contributed by atoms with Crippen LogP contribution < -0.4 is 4.90 Å². The lowest BCUT2D eigenvalue weighted by atomic mass is 10.2. The molecule has 0 spiro atoms. The van der Waals surface area contributed by atoms with Crippen molar-refractivity contribution in [2.75, 3.05) is 31.1 Å². The number of hydrogen-bond donors (Lipinski definition) is 0. The highest BCUT2D eigenvalue weighted by Gasteiger charge is 2.27. The number of rotatable bonds is 4. The molecular formula is C21H17Cl2N3O4. The Hall–Kier alpha value is -3.03. The summed E-state index contributed by atoms with van der Waals surface area (Å²) in [5.41, 5.74) is 1.29. The van der Waals surface area contributed by atoms with E-state index >= 15 is 0 Å². The summed E-state index contributed by atoms with van der Waals surface area (Å²) < 4.78 is 5.75. The molecule has 4 rings (SSSR count). The molecule has 1 aliphatic heterocycles. The number of piperazine rings is 1. The van der Waals surface area contributed by atoms with E-state index in [0.717, 1.165) is 5.56 Å². The number of nitro groups is 1. The number of nitro benzene ring substituents is 1. The maximum atomic E-state index is 12.8. The number of amides is 1.